The molecule has 0 saturated heterocycles. The fraction of sp³-hybridized carbons (Fsp3) is 0.300. The van der Waals surface area contributed by atoms with E-state index in [-0.39, 0.29) is 17.5 Å². The fourth-order valence-corrected chi connectivity index (χ4v) is 3.53. The third-order valence-corrected chi connectivity index (χ3v) is 4.93. The number of rotatable bonds is 6. The Morgan fingerprint density at radius 2 is 2.04 bits per heavy atom. The molecule has 1 N–H and O–H groups in total. The van der Waals surface area contributed by atoms with Crippen LogP contribution in [0.5, 0.6) is 0 Å². The van der Waals surface area contributed by atoms with Crippen molar-refractivity contribution in [1.82, 2.24) is 9.55 Å². The van der Waals surface area contributed by atoms with Gasteiger partial charge in [-0.15, -0.1) is 0 Å². The number of carbonyl (C=O) groups is 1. The van der Waals surface area contributed by atoms with Crippen molar-refractivity contribution in [1.29, 1.82) is 0 Å². The zero-order valence-electron chi connectivity index (χ0n) is 15.1. The van der Waals surface area contributed by atoms with Crippen LogP contribution in [-0.4, -0.2) is 21.2 Å². The molecule has 0 unspecified atom stereocenters. The van der Waals surface area contributed by atoms with Crippen molar-refractivity contribution in [2.75, 3.05) is 11.1 Å². The standard InChI is InChI=1S/C20H22FN3OS/c1-13(2)11-24-18-7-5-4-6-17(18)23-20(24)26-12-19(25)22-15-9-8-14(3)16(21)10-15/h4-10,13H,11-12H2,1-3H3,(H,22,25). The number of amides is 1. The highest BCUT2D eigenvalue weighted by molar-refractivity contribution is 7.99. The molecule has 3 aromatic rings. The molecular weight excluding hydrogens is 349 g/mol. The number of aromatic nitrogens is 2. The lowest BCUT2D eigenvalue weighted by Crippen LogP contribution is -2.15. The maximum Gasteiger partial charge on any atom is 0.234 e. The van der Waals surface area contributed by atoms with E-state index in [9.17, 15) is 9.18 Å². The lowest BCUT2D eigenvalue weighted by atomic mass is 10.2. The summed E-state index contributed by atoms with van der Waals surface area (Å²) in [5.41, 5.74) is 3.02. The Kier molecular flexibility index (Phi) is 5.61. The minimum Gasteiger partial charge on any atom is -0.325 e. The van der Waals surface area contributed by atoms with Gasteiger partial charge >= 0.3 is 0 Å². The number of halogens is 1. The molecule has 1 aromatic heterocycles. The molecule has 6 heteroatoms. The van der Waals surface area contributed by atoms with Gasteiger partial charge in [0, 0.05) is 12.2 Å². The summed E-state index contributed by atoms with van der Waals surface area (Å²) in [4.78, 5) is 16.9. The summed E-state index contributed by atoms with van der Waals surface area (Å²) in [6, 6.07) is 12.7. The van der Waals surface area contributed by atoms with Gasteiger partial charge in [0.1, 0.15) is 5.82 Å². The van der Waals surface area contributed by atoms with Crippen molar-refractivity contribution in [3.8, 4) is 0 Å². The number of hydrogen-bond donors (Lipinski definition) is 1. The Morgan fingerprint density at radius 1 is 1.27 bits per heavy atom. The summed E-state index contributed by atoms with van der Waals surface area (Å²) in [5, 5.41) is 3.56. The Bertz CT molecular complexity index is 936. The van der Waals surface area contributed by atoms with Gasteiger partial charge in [0.15, 0.2) is 5.16 Å². The molecular formula is C20H22FN3OS. The third kappa shape index (κ3) is 4.25. The number of hydrogen-bond acceptors (Lipinski definition) is 3. The van der Waals surface area contributed by atoms with Gasteiger partial charge in [0.05, 0.1) is 16.8 Å². The Labute approximate surface area is 156 Å². The van der Waals surface area contributed by atoms with E-state index in [4.69, 9.17) is 0 Å². The summed E-state index contributed by atoms with van der Waals surface area (Å²) in [7, 11) is 0. The van der Waals surface area contributed by atoms with E-state index in [1.165, 1.54) is 17.8 Å². The highest BCUT2D eigenvalue weighted by Crippen LogP contribution is 2.25. The fourth-order valence-electron chi connectivity index (χ4n) is 2.70. The molecule has 0 bridgehead atoms. The number of nitrogens with zero attached hydrogens (tertiary/aromatic N) is 2. The van der Waals surface area contributed by atoms with Crippen molar-refractivity contribution in [2.24, 2.45) is 5.92 Å². The molecule has 0 aliphatic carbocycles. The molecule has 136 valence electrons. The maximum atomic E-state index is 13.6. The predicted molar refractivity (Wildman–Crippen MR) is 105 cm³/mol. The van der Waals surface area contributed by atoms with Gasteiger partial charge < -0.3 is 9.88 Å². The zero-order valence-corrected chi connectivity index (χ0v) is 15.9. The highest BCUT2D eigenvalue weighted by atomic mass is 32.2. The second-order valence-electron chi connectivity index (χ2n) is 6.69. The van der Waals surface area contributed by atoms with Gasteiger partial charge in [-0.3, -0.25) is 4.79 Å². The first-order valence-corrected chi connectivity index (χ1v) is 9.56. The number of imidazole rings is 1. The molecule has 4 nitrogen and oxygen atoms in total. The normalized spacial score (nSPS) is 11.3. The van der Waals surface area contributed by atoms with Gasteiger partial charge in [0.2, 0.25) is 5.91 Å². The van der Waals surface area contributed by atoms with E-state index in [1.54, 1.807) is 19.1 Å². The Morgan fingerprint density at radius 3 is 2.77 bits per heavy atom. The molecule has 1 amide bonds. The minimum absolute atomic E-state index is 0.179. The molecule has 0 radical (unpaired) electrons. The monoisotopic (exact) mass is 371 g/mol. The number of benzene rings is 2. The number of para-hydroxylation sites is 2. The van der Waals surface area contributed by atoms with Gasteiger partial charge in [-0.05, 0) is 42.7 Å². The van der Waals surface area contributed by atoms with Crippen LogP contribution in [0.1, 0.15) is 19.4 Å². The van der Waals surface area contributed by atoms with Crippen LogP contribution in [-0.2, 0) is 11.3 Å². The molecule has 0 fully saturated rings. The van der Waals surface area contributed by atoms with Gasteiger partial charge in [-0.25, -0.2) is 9.37 Å². The van der Waals surface area contributed by atoms with Crippen LogP contribution in [0.25, 0.3) is 11.0 Å². The van der Waals surface area contributed by atoms with Crippen LogP contribution in [0.15, 0.2) is 47.6 Å². The summed E-state index contributed by atoms with van der Waals surface area (Å²) in [6.07, 6.45) is 0. The van der Waals surface area contributed by atoms with E-state index in [0.29, 0.717) is 17.2 Å². The van der Waals surface area contributed by atoms with E-state index in [2.05, 4.69) is 28.7 Å². The molecule has 0 saturated carbocycles. The summed E-state index contributed by atoms with van der Waals surface area (Å²) < 4.78 is 15.8. The molecule has 0 aliphatic rings. The molecule has 0 atom stereocenters. The van der Waals surface area contributed by atoms with Gasteiger partial charge in [-0.1, -0.05) is 43.8 Å². The largest absolute Gasteiger partial charge is 0.325 e. The molecule has 1 heterocycles. The number of carbonyl (C=O) groups excluding carboxylic acids is 1. The third-order valence-electron chi connectivity index (χ3n) is 3.96. The SMILES string of the molecule is Cc1ccc(NC(=O)CSc2nc3ccccc3n2CC(C)C)cc1F. The first-order chi connectivity index (χ1) is 12.4. The van der Waals surface area contributed by atoms with Crippen LogP contribution in [0, 0.1) is 18.7 Å². The van der Waals surface area contributed by atoms with Gasteiger partial charge in [-0.2, -0.15) is 0 Å². The van der Waals surface area contributed by atoms with Crippen molar-refractivity contribution in [3.05, 3.63) is 53.8 Å². The Hall–Kier alpha value is -2.34. The van der Waals surface area contributed by atoms with Crippen molar-refractivity contribution < 1.29 is 9.18 Å². The van der Waals surface area contributed by atoms with Crippen LogP contribution in [0.3, 0.4) is 0 Å². The molecule has 0 spiro atoms. The second-order valence-corrected chi connectivity index (χ2v) is 7.63. The van der Waals surface area contributed by atoms with Crippen LogP contribution in [0.4, 0.5) is 10.1 Å². The van der Waals surface area contributed by atoms with Crippen LogP contribution < -0.4 is 5.32 Å². The second kappa shape index (κ2) is 7.91. The average Bonchev–Trinajstić information content (AvgIpc) is 2.94. The Balaban J connectivity index is 1.72. The molecule has 2 aromatic carbocycles. The quantitative estimate of drug-likeness (QED) is 0.629. The van der Waals surface area contributed by atoms with E-state index in [1.807, 2.05) is 24.3 Å². The van der Waals surface area contributed by atoms with Crippen molar-refractivity contribution >= 4 is 34.4 Å². The van der Waals surface area contributed by atoms with Crippen LogP contribution >= 0.6 is 11.8 Å². The van der Waals surface area contributed by atoms with Gasteiger partial charge in [0.25, 0.3) is 0 Å². The van der Waals surface area contributed by atoms with E-state index >= 15 is 0 Å². The number of anilines is 1. The van der Waals surface area contributed by atoms with Crippen molar-refractivity contribution in [3.63, 3.8) is 0 Å². The summed E-state index contributed by atoms with van der Waals surface area (Å²) in [6.45, 7) is 6.84. The highest BCUT2D eigenvalue weighted by Gasteiger charge is 2.14. The number of thioether (sulfide) groups is 1. The van der Waals surface area contributed by atoms with Crippen LogP contribution in [0.2, 0.25) is 0 Å². The predicted octanol–water partition coefficient (Wildman–Crippen LogP) is 4.87. The van der Waals surface area contributed by atoms with E-state index < -0.39 is 0 Å². The molecule has 0 aliphatic heterocycles. The molecule has 3 rings (SSSR count). The van der Waals surface area contributed by atoms with Crippen molar-refractivity contribution in [2.45, 2.75) is 32.5 Å². The van der Waals surface area contributed by atoms with E-state index in [0.717, 1.165) is 22.7 Å². The average molecular weight is 371 g/mol. The maximum absolute atomic E-state index is 13.6. The smallest absolute Gasteiger partial charge is 0.234 e. The summed E-state index contributed by atoms with van der Waals surface area (Å²) >= 11 is 1.40. The lowest BCUT2D eigenvalue weighted by Gasteiger charge is -2.11. The summed E-state index contributed by atoms with van der Waals surface area (Å²) in [5.74, 6) is 0.184. The number of nitrogens with one attached hydrogen (secondary N) is 1. The first-order valence-electron chi connectivity index (χ1n) is 8.58. The molecule has 26 heavy (non-hydrogen) atoms. The number of aryl methyl sites for hydroxylation is 1. The lowest BCUT2D eigenvalue weighted by molar-refractivity contribution is -0.113. The topological polar surface area (TPSA) is 46.9 Å². The first kappa shape index (κ1) is 18.5. The minimum atomic E-state index is -0.325. The zero-order chi connectivity index (χ0) is 18.7. The number of fused-ring (bicyclic) bond motifs is 1.